The van der Waals surface area contributed by atoms with Crippen molar-refractivity contribution in [3.63, 3.8) is 0 Å². The Morgan fingerprint density at radius 1 is 0.840 bits per heavy atom. The van der Waals surface area contributed by atoms with Gasteiger partial charge in [-0.05, 0) is 71.3 Å². The lowest BCUT2D eigenvalue weighted by Crippen LogP contribution is -2.36. The third-order valence-electron chi connectivity index (χ3n) is 5.30. The molecular formula is C23H22O2. The van der Waals surface area contributed by atoms with Crippen LogP contribution in [0, 0.1) is 13.8 Å². The summed E-state index contributed by atoms with van der Waals surface area (Å²) >= 11 is 0. The van der Waals surface area contributed by atoms with E-state index in [4.69, 9.17) is 4.74 Å². The molecule has 25 heavy (non-hydrogen) atoms. The maximum absolute atomic E-state index is 12.1. The van der Waals surface area contributed by atoms with E-state index in [1.165, 1.54) is 11.1 Å². The molecule has 0 radical (unpaired) electrons. The number of hydrogen-bond donors (Lipinski definition) is 1. The third-order valence-corrected chi connectivity index (χ3v) is 5.30. The minimum Gasteiger partial charge on any atom is -0.497 e. The predicted octanol–water partition coefficient (Wildman–Crippen LogP) is 4.50. The summed E-state index contributed by atoms with van der Waals surface area (Å²) in [5, 5.41) is 12.1. The molecule has 1 aliphatic carbocycles. The van der Waals surface area contributed by atoms with Crippen molar-refractivity contribution >= 4 is 0 Å². The molecule has 3 aromatic rings. The Labute approximate surface area is 148 Å². The minimum absolute atomic E-state index is 0.819. The molecular weight excluding hydrogens is 308 g/mol. The van der Waals surface area contributed by atoms with Crippen molar-refractivity contribution in [2.45, 2.75) is 25.9 Å². The Morgan fingerprint density at radius 3 is 1.80 bits per heavy atom. The van der Waals surface area contributed by atoms with Gasteiger partial charge >= 0.3 is 0 Å². The number of aliphatic hydroxyl groups is 1. The molecule has 0 heterocycles. The first-order chi connectivity index (χ1) is 12.1. The zero-order valence-electron chi connectivity index (χ0n) is 14.8. The fourth-order valence-electron chi connectivity index (χ4n) is 4.29. The van der Waals surface area contributed by atoms with E-state index in [0.29, 0.717) is 0 Å². The first-order valence-electron chi connectivity index (χ1n) is 8.60. The zero-order valence-corrected chi connectivity index (χ0v) is 14.8. The van der Waals surface area contributed by atoms with E-state index < -0.39 is 5.60 Å². The third kappa shape index (κ3) is 2.29. The predicted molar refractivity (Wildman–Crippen MR) is 100 cm³/mol. The molecule has 0 amide bonds. The van der Waals surface area contributed by atoms with E-state index in [1.807, 2.05) is 62.4 Å². The quantitative estimate of drug-likeness (QED) is 0.749. The average molecular weight is 330 g/mol. The molecule has 0 fully saturated rings. The van der Waals surface area contributed by atoms with Crippen LogP contribution in [-0.2, 0) is 12.0 Å². The van der Waals surface area contributed by atoms with Crippen LogP contribution in [0.2, 0.25) is 0 Å². The second-order valence-electron chi connectivity index (χ2n) is 6.84. The van der Waals surface area contributed by atoms with Crippen LogP contribution >= 0.6 is 0 Å². The number of rotatable bonds is 2. The minimum atomic E-state index is -1.15. The van der Waals surface area contributed by atoms with Gasteiger partial charge in [0.1, 0.15) is 11.4 Å². The lowest BCUT2D eigenvalue weighted by molar-refractivity contribution is 0.120. The molecule has 2 nitrogen and oxygen atoms in total. The van der Waals surface area contributed by atoms with Crippen molar-refractivity contribution in [2.24, 2.45) is 0 Å². The van der Waals surface area contributed by atoms with E-state index in [2.05, 4.69) is 12.1 Å². The maximum Gasteiger partial charge on any atom is 0.141 e. The van der Waals surface area contributed by atoms with E-state index in [0.717, 1.165) is 40.0 Å². The second kappa shape index (κ2) is 5.75. The van der Waals surface area contributed by atoms with E-state index >= 15 is 0 Å². The summed E-state index contributed by atoms with van der Waals surface area (Å²) < 4.78 is 5.41. The highest BCUT2D eigenvalue weighted by Gasteiger charge is 2.42. The summed E-state index contributed by atoms with van der Waals surface area (Å²) in [6, 6.07) is 20.4. The van der Waals surface area contributed by atoms with Gasteiger partial charge in [-0.15, -0.1) is 0 Å². The smallest absolute Gasteiger partial charge is 0.141 e. The molecule has 0 aliphatic heterocycles. The van der Waals surface area contributed by atoms with Crippen molar-refractivity contribution in [1.82, 2.24) is 0 Å². The zero-order chi connectivity index (χ0) is 17.6. The first-order valence-corrected chi connectivity index (χ1v) is 8.60. The molecule has 3 aromatic carbocycles. The molecule has 0 saturated carbocycles. The van der Waals surface area contributed by atoms with Crippen LogP contribution < -0.4 is 4.74 Å². The standard InChI is InChI=1S/C23H22O2/c1-15-12-19(25-3)13-16(2)22(15)23(24)20-10-6-4-8-17(20)14-18-9-5-7-11-21(18)23/h4-13,24H,14H2,1-3H3. The van der Waals surface area contributed by atoms with Gasteiger partial charge in [0, 0.05) is 0 Å². The number of benzene rings is 3. The van der Waals surface area contributed by atoms with Crippen LogP contribution in [-0.4, -0.2) is 12.2 Å². The topological polar surface area (TPSA) is 29.5 Å². The molecule has 0 atom stereocenters. The fourth-order valence-corrected chi connectivity index (χ4v) is 4.29. The van der Waals surface area contributed by atoms with Crippen molar-refractivity contribution in [1.29, 1.82) is 0 Å². The lowest BCUT2D eigenvalue weighted by Gasteiger charge is -2.39. The Balaban J connectivity index is 2.08. The number of aryl methyl sites for hydroxylation is 2. The number of methoxy groups -OCH3 is 1. The molecule has 0 saturated heterocycles. The van der Waals surface area contributed by atoms with Gasteiger partial charge < -0.3 is 9.84 Å². The maximum atomic E-state index is 12.1. The summed E-state index contributed by atoms with van der Waals surface area (Å²) in [6.45, 7) is 4.09. The van der Waals surface area contributed by atoms with E-state index in [1.54, 1.807) is 7.11 Å². The van der Waals surface area contributed by atoms with Crippen LogP contribution in [0.25, 0.3) is 0 Å². The molecule has 0 spiro atoms. The van der Waals surface area contributed by atoms with Gasteiger partial charge in [0.15, 0.2) is 0 Å². The van der Waals surface area contributed by atoms with Gasteiger partial charge in [-0.3, -0.25) is 0 Å². The SMILES string of the molecule is COc1cc(C)c(C2(O)c3ccccc3Cc3ccccc32)c(C)c1. The molecule has 4 rings (SSSR count). The van der Waals surface area contributed by atoms with Gasteiger partial charge in [0.25, 0.3) is 0 Å². The van der Waals surface area contributed by atoms with E-state index in [9.17, 15) is 5.11 Å². The number of hydrogen-bond acceptors (Lipinski definition) is 2. The van der Waals surface area contributed by atoms with Crippen molar-refractivity contribution in [3.8, 4) is 5.75 Å². The van der Waals surface area contributed by atoms with Crippen LogP contribution in [0.3, 0.4) is 0 Å². The Hall–Kier alpha value is -2.58. The average Bonchev–Trinajstić information content (AvgIpc) is 2.61. The van der Waals surface area contributed by atoms with Gasteiger partial charge in [0.2, 0.25) is 0 Å². The van der Waals surface area contributed by atoms with Gasteiger partial charge in [-0.25, -0.2) is 0 Å². The van der Waals surface area contributed by atoms with Gasteiger partial charge in [-0.2, -0.15) is 0 Å². The van der Waals surface area contributed by atoms with Crippen LogP contribution in [0.1, 0.15) is 38.9 Å². The summed E-state index contributed by atoms with van der Waals surface area (Å²) in [4.78, 5) is 0. The number of ether oxygens (including phenoxy) is 1. The van der Waals surface area contributed by atoms with Crippen LogP contribution in [0.5, 0.6) is 5.75 Å². The highest BCUT2D eigenvalue weighted by atomic mass is 16.5. The first kappa shape index (κ1) is 15.9. The molecule has 1 N–H and O–H groups in total. The Kier molecular flexibility index (Phi) is 3.66. The Morgan fingerprint density at radius 2 is 1.32 bits per heavy atom. The second-order valence-corrected chi connectivity index (χ2v) is 6.84. The lowest BCUT2D eigenvalue weighted by atomic mass is 9.69. The van der Waals surface area contributed by atoms with Crippen molar-refractivity contribution < 1.29 is 9.84 Å². The fraction of sp³-hybridized carbons (Fsp3) is 0.217. The Bertz CT molecular complexity index is 887. The normalized spacial score (nSPS) is 14.6. The highest BCUT2D eigenvalue weighted by molar-refractivity contribution is 5.61. The molecule has 0 aromatic heterocycles. The molecule has 1 aliphatic rings. The van der Waals surface area contributed by atoms with Gasteiger partial charge in [-0.1, -0.05) is 48.5 Å². The molecule has 2 heteroatoms. The summed E-state index contributed by atoms with van der Waals surface area (Å²) in [6.07, 6.45) is 0.850. The van der Waals surface area contributed by atoms with E-state index in [-0.39, 0.29) is 0 Å². The summed E-state index contributed by atoms with van der Waals surface area (Å²) in [5.41, 5.74) is 6.18. The summed E-state index contributed by atoms with van der Waals surface area (Å²) in [7, 11) is 1.67. The van der Waals surface area contributed by atoms with Crippen molar-refractivity contribution in [3.05, 3.63) is 99.6 Å². The molecule has 0 bridgehead atoms. The monoisotopic (exact) mass is 330 g/mol. The molecule has 0 unspecified atom stereocenters. The molecule has 126 valence electrons. The van der Waals surface area contributed by atoms with Crippen LogP contribution in [0.15, 0.2) is 60.7 Å². The largest absolute Gasteiger partial charge is 0.497 e. The summed E-state index contributed by atoms with van der Waals surface area (Å²) in [5.74, 6) is 0.819. The van der Waals surface area contributed by atoms with Gasteiger partial charge in [0.05, 0.1) is 7.11 Å². The highest BCUT2D eigenvalue weighted by Crippen LogP contribution is 2.46. The van der Waals surface area contributed by atoms with Crippen LogP contribution in [0.4, 0.5) is 0 Å². The number of fused-ring (bicyclic) bond motifs is 2. The van der Waals surface area contributed by atoms with Crippen molar-refractivity contribution in [2.75, 3.05) is 7.11 Å².